The average Bonchev–Trinajstić information content (AvgIpc) is 2.72. The Morgan fingerprint density at radius 2 is 1.61 bits per heavy atom. The van der Waals surface area contributed by atoms with E-state index in [1.54, 1.807) is 30.3 Å². The summed E-state index contributed by atoms with van der Waals surface area (Å²) in [5.41, 5.74) is 0.440. The van der Waals surface area contributed by atoms with Gasteiger partial charge in [-0.25, -0.2) is 0 Å². The van der Waals surface area contributed by atoms with Gasteiger partial charge in [-0.2, -0.15) is 8.42 Å². The molecule has 6 nitrogen and oxygen atoms in total. The summed E-state index contributed by atoms with van der Waals surface area (Å²) < 4.78 is 29.3. The van der Waals surface area contributed by atoms with E-state index in [-0.39, 0.29) is 51.6 Å². The number of sulfonamides is 1. The monoisotopic (exact) mass is 446 g/mol. The molecule has 31 heavy (non-hydrogen) atoms. The Morgan fingerprint density at radius 1 is 1.00 bits per heavy atom. The number of hydrogen-bond acceptors (Lipinski definition) is 5. The molecular weight excluding hydrogens is 423 g/mol. The molecule has 0 bridgehead atoms. The molecule has 1 aliphatic heterocycles. The van der Waals surface area contributed by atoms with Crippen LogP contribution in [0.15, 0.2) is 63.4 Å². The molecule has 0 saturated carbocycles. The van der Waals surface area contributed by atoms with E-state index in [4.69, 9.17) is 0 Å². The summed E-state index contributed by atoms with van der Waals surface area (Å²) in [6.45, 7) is 4.00. The third-order valence-electron chi connectivity index (χ3n) is 5.80. The van der Waals surface area contributed by atoms with Gasteiger partial charge in [0.2, 0.25) is 0 Å². The van der Waals surface area contributed by atoms with Crippen molar-refractivity contribution in [2.45, 2.75) is 49.8 Å². The first-order valence-electron chi connectivity index (χ1n) is 10.1. The number of anilines is 1. The van der Waals surface area contributed by atoms with E-state index in [1.165, 1.54) is 6.07 Å². The van der Waals surface area contributed by atoms with E-state index in [2.05, 4.69) is 9.71 Å². The summed E-state index contributed by atoms with van der Waals surface area (Å²) in [6.07, 6.45) is 2.65. The van der Waals surface area contributed by atoms with E-state index >= 15 is 0 Å². The van der Waals surface area contributed by atoms with Crippen LogP contribution in [0.1, 0.15) is 50.7 Å². The molecule has 1 aliphatic carbocycles. The van der Waals surface area contributed by atoms with Crippen molar-refractivity contribution in [3.63, 3.8) is 0 Å². The second kappa shape index (κ2) is 8.90. The van der Waals surface area contributed by atoms with Gasteiger partial charge in [0.1, 0.15) is 4.90 Å². The van der Waals surface area contributed by atoms with Crippen molar-refractivity contribution >= 4 is 33.1 Å². The molecule has 0 saturated heterocycles. The van der Waals surface area contributed by atoms with Crippen molar-refractivity contribution < 1.29 is 47.9 Å². The molecule has 0 unspecified atom stereocenters. The van der Waals surface area contributed by atoms with E-state index in [0.717, 1.165) is 18.4 Å². The van der Waals surface area contributed by atoms with Crippen LogP contribution in [0.5, 0.6) is 0 Å². The maximum Gasteiger partial charge on any atom is 1.00 e. The minimum absolute atomic E-state index is 0. The quantitative estimate of drug-likeness (QED) is 0.671. The molecule has 2 aliphatic rings. The number of hydrogen-bond donors (Lipinski definition) is 1. The predicted octanol–water partition coefficient (Wildman–Crippen LogP) is 0.396. The number of ketones is 1. The number of Topliss-reactive ketones (excluding diaryl/α,β-unsaturated/α-hetero) is 1. The number of benzene rings is 2. The number of amidine groups is 1. The number of rotatable bonds is 5. The Balaban J connectivity index is 0.00000272. The van der Waals surface area contributed by atoms with Crippen molar-refractivity contribution in [2.24, 2.45) is 4.40 Å². The molecular formula is C23H23N2NaO4S. The zero-order chi connectivity index (χ0) is 21.5. The van der Waals surface area contributed by atoms with E-state index in [1.807, 2.05) is 26.0 Å². The fraction of sp³-hybridized carbons (Fsp3) is 0.304. The van der Waals surface area contributed by atoms with Gasteiger partial charge in [0, 0.05) is 0 Å². The van der Waals surface area contributed by atoms with Crippen LogP contribution >= 0.6 is 0 Å². The molecule has 0 spiro atoms. The van der Waals surface area contributed by atoms with Crippen molar-refractivity contribution in [3.8, 4) is 0 Å². The van der Waals surface area contributed by atoms with Crippen LogP contribution in [0.3, 0.4) is 0 Å². The van der Waals surface area contributed by atoms with Crippen LogP contribution in [0.4, 0.5) is 5.69 Å². The Kier molecular flexibility index (Phi) is 6.81. The smallest absolute Gasteiger partial charge is 0.871 e. The largest absolute Gasteiger partial charge is 1.00 e. The molecule has 1 heterocycles. The van der Waals surface area contributed by atoms with Crippen LogP contribution in [0, 0.1) is 0 Å². The fourth-order valence-electron chi connectivity index (χ4n) is 4.61. The summed E-state index contributed by atoms with van der Waals surface area (Å²) >= 11 is 0. The zero-order valence-electron chi connectivity index (χ0n) is 17.9. The molecule has 2 aromatic rings. The maximum atomic E-state index is 13.8. The molecule has 1 N–H and O–H groups in total. The van der Waals surface area contributed by atoms with E-state index < -0.39 is 21.2 Å². The molecule has 0 aromatic heterocycles. The molecule has 0 radical (unpaired) electrons. The molecule has 8 heteroatoms. The molecule has 2 aromatic carbocycles. The van der Waals surface area contributed by atoms with Gasteiger partial charge in [0.15, 0.2) is 11.6 Å². The normalized spacial score (nSPS) is 18.3. The van der Waals surface area contributed by atoms with Crippen LogP contribution in [0.2, 0.25) is 0 Å². The third-order valence-corrected chi connectivity index (χ3v) is 7.13. The summed E-state index contributed by atoms with van der Waals surface area (Å²) in [5, 5.41) is 16.3. The van der Waals surface area contributed by atoms with Crippen molar-refractivity contribution in [1.82, 2.24) is 0 Å². The van der Waals surface area contributed by atoms with Gasteiger partial charge in [-0.1, -0.05) is 68.8 Å². The van der Waals surface area contributed by atoms with E-state index in [9.17, 15) is 18.3 Å². The minimum atomic E-state index is -4.03. The summed E-state index contributed by atoms with van der Waals surface area (Å²) in [6, 6.07) is 13.5. The number of nitrogens with zero attached hydrogens (tertiary/aromatic N) is 1. The van der Waals surface area contributed by atoms with Crippen LogP contribution in [-0.2, 0) is 20.2 Å². The summed E-state index contributed by atoms with van der Waals surface area (Å²) in [4.78, 5) is 13.9. The van der Waals surface area contributed by atoms with Gasteiger partial charge in [0.05, 0.1) is 16.7 Å². The van der Waals surface area contributed by atoms with Crippen molar-refractivity contribution in [2.75, 3.05) is 5.32 Å². The first-order chi connectivity index (χ1) is 14.4. The third kappa shape index (κ3) is 3.78. The van der Waals surface area contributed by atoms with E-state index in [0.29, 0.717) is 24.1 Å². The number of nitrogens with one attached hydrogen (secondary N) is 1. The van der Waals surface area contributed by atoms with Crippen molar-refractivity contribution in [1.29, 1.82) is 0 Å². The molecule has 0 fully saturated rings. The molecule has 4 rings (SSSR count). The summed E-state index contributed by atoms with van der Waals surface area (Å²) in [7, 11) is -4.03. The average molecular weight is 447 g/mol. The number of para-hydroxylation sites is 1. The minimum Gasteiger partial charge on any atom is -0.871 e. The Morgan fingerprint density at radius 3 is 2.29 bits per heavy atom. The second-order valence-electron chi connectivity index (χ2n) is 7.70. The standard InChI is InChI=1S/C23H24N2O4S.Na/c1-3-13-23(14-4-2)16-10-6-5-9-15(16)20(26)19(21(23)27)22-24-17-11-7-8-12-18(17)30(28,29)25-22;/h5-12,26H,3-4,13-14H2,1-2H3,(H,24,25);/q;+1/p-1. The van der Waals surface area contributed by atoms with Crippen LogP contribution in [0.25, 0.3) is 5.76 Å². The SMILES string of the molecule is CCCC1(CCC)C(=O)C(C2=NS(=O)(=O)c3ccccc3N2)=C([O-])c2ccccc21.[Na+]. The Bertz CT molecular complexity index is 1200. The zero-order valence-corrected chi connectivity index (χ0v) is 20.8. The number of carbonyl (C=O) groups excluding carboxylic acids is 1. The van der Waals surface area contributed by atoms with Gasteiger partial charge in [0.25, 0.3) is 10.0 Å². The van der Waals surface area contributed by atoms with Gasteiger partial charge >= 0.3 is 29.6 Å². The van der Waals surface area contributed by atoms with Crippen LogP contribution < -0.4 is 40.0 Å². The second-order valence-corrected chi connectivity index (χ2v) is 9.27. The topological polar surface area (TPSA) is 98.7 Å². The van der Waals surface area contributed by atoms with Gasteiger partial charge in [-0.15, -0.1) is 4.40 Å². The number of carbonyl (C=O) groups is 1. The molecule has 0 amide bonds. The molecule has 156 valence electrons. The van der Waals surface area contributed by atoms with Crippen molar-refractivity contribution in [3.05, 3.63) is 65.2 Å². The van der Waals surface area contributed by atoms with Gasteiger partial charge < -0.3 is 10.4 Å². The van der Waals surface area contributed by atoms with Crippen LogP contribution in [-0.4, -0.2) is 20.0 Å². The first kappa shape index (κ1) is 23.7. The first-order valence-corrected chi connectivity index (χ1v) is 11.6. The van der Waals surface area contributed by atoms with Gasteiger partial charge in [-0.3, -0.25) is 4.79 Å². The summed E-state index contributed by atoms with van der Waals surface area (Å²) in [5.74, 6) is -1.02. The Labute approximate surface area is 204 Å². The maximum absolute atomic E-state index is 13.8. The number of fused-ring (bicyclic) bond motifs is 2. The van der Waals surface area contributed by atoms with Gasteiger partial charge in [-0.05, 0) is 36.1 Å². The molecule has 0 atom stereocenters. The Hall–Kier alpha value is -1.93. The predicted molar refractivity (Wildman–Crippen MR) is 115 cm³/mol. The fourth-order valence-corrected chi connectivity index (χ4v) is 5.73.